The standard InChI is InChI=1S/C16H10I2N2O4/c1-9-3-2-8-19-14(9)20(15(21)10-4-6-12(17)23-10)16(22)11-5-7-13(18)24-11/h2-8H,1H3. The molecule has 3 aromatic heterocycles. The van der Waals surface area contributed by atoms with Crippen molar-refractivity contribution in [2.75, 3.05) is 4.90 Å². The molecule has 3 aromatic rings. The Morgan fingerprint density at radius 2 is 1.50 bits per heavy atom. The molecule has 0 atom stereocenters. The molecule has 0 saturated heterocycles. The molecule has 0 aromatic carbocycles. The van der Waals surface area contributed by atoms with Crippen LogP contribution >= 0.6 is 45.2 Å². The Morgan fingerprint density at radius 3 is 1.92 bits per heavy atom. The number of hydrogen-bond acceptors (Lipinski definition) is 5. The minimum absolute atomic E-state index is 0.0547. The fraction of sp³-hybridized carbons (Fsp3) is 0.0625. The van der Waals surface area contributed by atoms with Crippen LogP contribution in [-0.4, -0.2) is 16.8 Å². The maximum absolute atomic E-state index is 12.9. The van der Waals surface area contributed by atoms with Crippen molar-refractivity contribution in [1.29, 1.82) is 0 Å². The van der Waals surface area contributed by atoms with E-state index in [4.69, 9.17) is 8.83 Å². The summed E-state index contributed by atoms with van der Waals surface area (Å²) in [5, 5.41) is 0. The van der Waals surface area contributed by atoms with Crippen molar-refractivity contribution < 1.29 is 18.4 Å². The van der Waals surface area contributed by atoms with Crippen LogP contribution in [0.5, 0.6) is 0 Å². The highest BCUT2D eigenvalue weighted by Crippen LogP contribution is 2.24. The van der Waals surface area contributed by atoms with Gasteiger partial charge in [0.2, 0.25) is 0 Å². The summed E-state index contributed by atoms with van der Waals surface area (Å²) in [6.45, 7) is 1.77. The monoisotopic (exact) mass is 548 g/mol. The van der Waals surface area contributed by atoms with Gasteiger partial charge in [0, 0.05) is 6.20 Å². The van der Waals surface area contributed by atoms with Gasteiger partial charge in [0.25, 0.3) is 0 Å². The number of carbonyl (C=O) groups excluding carboxylic acids is 2. The Kier molecular flexibility index (Phi) is 5.04. The molecule has 3 heterocycles. The molecule has 24 heavy (non-hydrogen) atoms. The highest BCUT2D eigenvalue weighted by Gasteiger charge is 2.31. The molecule has 6 nitrogen and oxygen atoms in total. The van der Waals surface area contributed by atoms with Gasteiger partial charge in [-0.2, -0.15) is 0 Å². The predicted molar refractivity (Wildman–Crippen MR) is 103 cm³/mol. The summed E-state index contributed by atoms with van der Waals surface area (Å²) < 4.78 is 11.8. The maximum Gasteiger partial charge on any atom is 0.302 e. The number of rotatable bonds is 3. The molecule has 8 heteroatoms. The molecule has 0 aliphatic heterocycles. The van der Waals surface area contributed by atoms with Crippen molar-refractivity contribution >= 4 is 62.8 Å². The Bertz CT molecular complexity index is 864. The molecule has 0 N–H and O–H groups in total. The van der Waals surface area contributed by atoms with Crippen molar-refractivity contribution in [2.24, 2.45) is 0 Å². The first-order valence-electron chi connectivity index (χ1n) is 6.78. The van der Waals surface area contributed by atoms with Crippen molar-refractivity contribution in [2.45, 2.75) is 6.92 Å². The molecule has 0 fully saturated rings. The smallest absolute Gasteiger partial charge is 0.302 e. The highest BCUT2D eigenvalue weighted by molar-refractivity contribution is 14.1. The molecule has 122 valence electrons. The number of carbonyl (C=O) groups is 2. The van der Waals surface area contributed by atoms with Gasteiger partial charge in [-0.15, -0.1) is 0 Å². The minimum Gasteiger partial charge on any atom is -0.445 e. The van der Waals surface area contributed by atoms with E-state index in [1.807, 2.05) is 45.2 Å². The van der Waals surface area contributed by atoms with E-state index in [1.165, 1.54) is 18.3 Å². The van der Waals surface area contributed by atoms with Gasteiger partial charge in [-0.1, -0.05) is 6.07 Å². The summed E-state index contributed by atoms with van der Waals surface area (Å²) in [7, 11) is 0. The zero-order valence-electron chi connectivity index (χ0n) is 12.3. The second-order valence-corrected chi connectivity index (χ2v) is 6.92. The van der Waals surface area contributed by atoms with E-state index in [9.17, 15) is 9.59 Å². The van der Waals surface area contributed by atoms with Crippen LogP contribution in [0.2, 0.25) is 0 Å². The number of aromatic nitrogens is 1. The zero-order valence-corrected chi connectivity index (χ0v) is 16.6. The molecule has 0 spiro atoms. The van der Waals surface area contributed by atoms with Crippen LogP contribution in [0, 0.1) is 14.5 Å². The van der Waals surface area contributed by atoms with E-state index in [0.717, 1.165) is 4.90 Å². The van der Waals surface area contributed by atoms with Gasteiger partial charge in [-0.3, -0.25) is 9.59 Å². The molecular weight excluding hydrogens is 538 g/mol. The largest absolute Gasteiger partial charge is 0.445 e. The molecule has 0 aliphatic carbocycles. The molecule has 0 bridgehead atoms. The third kappa shape index (κ3) is 3.38. The van der Waals surface area contributed by atoms with Crippen LogP contribution in [0.15, 0.2) is 51.4 Å². The van der Waals surface area contributed by atoms with Crippen molar-refractivity contribution in [1.82, 2.24) is 4.98 Å². The quantitative estimate of drug-likeness (QED) is 0.361. The third-order valence-electron chi connectivity index (χ3n) is 3.17. The summed E-state index contributed by atoms with van der Waals surface area (Å²) in [6, 6.07) is 9.85. The van der Waals surface area contributed by atoms with Gasteiger partial charge < -0.3 is 8.83 Å². The van der Waals surface area contributed by atoms with Gasteiger partial charge in [-0.25, -0.2) is 9.88 Å². The number of nitrogens with zero attached hydrogens (tertiary/aromatic N) is 2. The fourth-order valence-corrected chi connectivity index (χ4v) is 2.91. The van der Waals surface area contributed by atoms with E-state index in [0.29, 0.717) is 13.1 Å². The van der Waals surface area contributed by atoms with Gasteiger partial charge in [0.15, 0.2) is 19.1 Å². The van der Waals surface area contributed by atoms with Crippen molar-refractivity contribution in [3.63, 3.8) is 0 Å². The van der Waals surface area contributed by atoms with Crippen LogP contribution in [0.3, 0.4) is 0 Å². The number of pyridine rings is 1. The summed E-state index contributed by atoms with van der Waals surface area (Å²) in [5.74, 6) is -0.851. The van der Waals surface area contributed by atoms with E-state index >= 15 is 0 Å². The van der Waals surface area contributed by atoms with Crippen LogP contribution in [0.25, 0.3) is 0 Å². The van der Waals surface area contributed by atoms with Crippen LogP contribution in [-0.2, 0) is 0 Å². The molecule has 3 rings (SSSR count). The maximum atomic E-state index is 12.9. The summed E-state index contributed by atoms with van der Waals surface area (Å²) in [6.07, 6.45) is 1.52. The first-order chi connectivity index (χ1) is 11.5. The Hall–Kier alpha value is -1.69. The number of imide groups is 1. The molecule has 0 unspecified atom stereocenters. The average Bonchev–Trinajstić information content (AvgIpc) is 3.18. The number of hydrogen-bond donors (Lipinski definition) is 0. The van der Waals surface area contributed by atoms with E-state index in [2.05, 4.69) is 4.98 Å². The number of anilines is 1. The second-order valence-electron chi connectivity index (χ2n) is 4.80. The molecular formula is C16H10I2N2O4. The minimum atomic E-state index is -0.601. The summed E-state index contributed by atoms with van der Waals surface area (Å²) >= 11 is 3.91. The van der Waals surface area contributed by atoms with E-state index in [-0.39, 0.29) is 17.3 Å². The lowest BCUT2D eigenvalue weighted by molar-refractivity contribution is 0.0864. The first kappa shape index (κ1) is 17.1. The zero-order chi connectivity index (χ0) is 17.3. The number of aryl methyl sites for hydroxylation is 1. The summed E-state index contributed by atoms with van der Waals surface area (Å²) in [5.41, 5.74) is 0.682. The first-order valence-corrected chi connectivity index (χ1v) is 8.94. The Balaban J connectivity index is 2.09. The fourth-order valence-electron chi connectivity index (χ4n) is 2.07. The van der Waals surface area contributed by atoms with Gasteiger partial charge in [0.1, 0.15) is 5.82 Å². The van der Waals surface area contributed by atoms with Crippen LogP contribution in [0.1, 0.15) is 26.7 Å². The Labute approximate surface area is 164 Å². The highest BCUT2D eigenvalue weighted by atomic mass is 127. The van der Waals surface area contributed by atoms with Crippen LogP contribution < -0.4 is 4.90 Å². The lowest BCUT2D eigenvalue weighted by Gasteiger charge is -2.19. The number of halogens is 2. The normalized spacial score (nSPS) is 10.6. The van der Waals surface area contributed by atoms with E-state index in [1.54, 1.807) is 31.2 Å². The lowest BCUT2D eigenvalue weighted by Crippen LogP contribution is -2.37. The molecule has 0 saturated carbocycles. The predicted octanol–water partition coefficient (Wildman–Crippen LogP) is 4.27. The summed E-state index contributed by atoms with van der Waals surface area (Å²) in [4.78, 5) is 30.9. The van der Waals surface area contributed by atoms with Crippen LogP contribution in [0.4, 0.5) is 5.82 Å². The average molecular weight is 548 g/mol. The third-order valence-corrected chi connectivity index (χ3v) is 4.33. The molecule has 0 radical (unpaired) electrons. The number of furan rings is 2. The molecule has 2 amide bonds. The SMILES string of the molecule is Cc1cccnc1N(C(=O)c1ccc(I)o1)C(=O)c1ccc(I)o1. The second kappa shape index (κ2) is 7.05. The van der Waals surface area contributed by atoms with Gasteiger partial charge >= 0.3 is 11.8 Å². The van der Waals surface area contributed by atoms with Crippen molar-refractivity contribution in [3.8, 4) is 0 Å². The topological polar surface area (TPSA) is 76.6 Å². The molecule has 0 aliphatic rings. The Morgan fingerprint density at radius 1 is 0.958 bits per heavy atom. The number of amides is 2. The van der Waals surface area contributed by atoms with E-state index < -0.39 is 11.8 Å². The van der Waals surface area contributed by atoms with Gasteiger partial charge in [-0.05, 0) is 88.0 Å². The lowest BCUT2D eigenvalue weighted by atomic mass is 10.2. The van der Waals surface area contributed by atoms with Crippen molar-refractivity contribution in [3.05, 3.63) is 67.2 Å². The van der Waals surface area contributed by atoms with Gasteiger partial charge in [0.05, 0.1) is 0 Å².